The van der Waals surface area contributed by atoms with Gasteiger partial charge in [0.15, 0.2) is 4.96 Å². The molecule has 0 aliphatic carbocycles. The van der Waals surface area contributed by atoms with Crippen LogP contribution in [-0.2, 0) is 0 Å². The van der Waals surface area contributed by atoms with Crippen LogP contribution in [0.25, 0.3) is 26.4 Å². The van der Waals surface area contributed by atoms with Crippen LogP contribution in [0.1, 0.15) is 6.92 Å². The molecular weight excluding hydrogens is 326 g/mol. The van der Waals surface area contributed by atoms with Crippen LogP contribution in [0.4, 0.5) is 5.69 Å². The first kappa shape index (κ1) is 14.6. The van der Waals surface area contributed by atoms with E-state index >= 15 is 0 Å². The van der Waals surface area contributed by atoms with Gasteiger partial charge in [0.25, 0.3) is 5.69 Å². The predicted octanol–water partition coefficient (Wildman–Crippen LogP) is 4.52. The Bertz CT molecular complexity index is 1050. The Morgan fingerprint density at radius 2 is 2.04 bits per heavy atom. The van der Waals surface area contributed by atoms with E-state index in [-0.39, 0.29) is 5.69 Å². The molecule has 0 aliphatic heterocycles. The van der Waals surface area contributed by atoms with E-state index in [2.05, 4.69) is 4.98 Å². The van der Waals surface area contributed by atoms with Gasteiger partial charge in [0.1, 0.15) is 5.75 Å². The number of rotatable bonds is 4. The first-order chi connectivity index (χ1) is 11.7. The van der Waals surface area contributed by atoms with Gasteiger partial charge in [-0.15, -0.1) is 0 Å². The molecule has 0 unspecified atom stereocenters. The van der Waals surface area contributed by atoms with Crippen LogP contribution in [0.2, 0.25) is 0 Å². The minimum absolute atomic E-state index is 0.0775. The molecule has 0 saturated carbocycles. The third kappa shape index (κ3) is 2.39. The summed E-state index contributed by atoms with van der Waals surface area (Å²) in [6.45, 7) is 2.60. The van der Waals surface area contributed by atoms with Crippen molar-refractivity contribution in [1.29, 1.82) is 0 Å². The van der Waals surface area contributed by atoms with Gasteiger partial charge in [0, 0.05) is 23.9 Å². The maximum Gasteiger partial charge on any atom is 0.269 e. The third-order valence-electron chi connectivity index (χ3n) is 3.75. The van der Waals surface area contributed by atoms with E-state index in [1.54, 1.807) is 23.5 Å². The molecule has 4 rings (SSSR count). The molecule has 7 heteroatoms. The zero-order valence-corrected chi connectivity index (χ0v) is 13.6. The maximum atomic E-state index is 10.7. The molecule has 0 radical (unpaired) electrons. The van der Waals surface area contributed by atoms with Crippen molar-refractivity contribution in [2.45, 2.75) is 6.92 Å². The molecule has 0 spiro atoms. The van der Waals surface area contributed by atoms with Crippen LogP contribution in [0.15, 0.2) is 48.7 Å². The van der Waals surface area contributed by atoms with E-state index in [1.165, 1.54) is 12.1 Å². The van der Waals surface area contributed by atoms with E-state index in [4.69, 9.17) is 4.74 Å². The fraction of sp³-hybridized carbons (Fsp3) is 0.118. The Morgan fingerprint density at radius 1 is 1.25 bits per heavy atom. The number of fused-ring (bicyclic) bond motifs is 3. The van der Waals surface area contributed by atoms with E-state index in [9.17, 15) is 10.1 Å². The van der Waals surface area contributed by atoms with Crippen molar-refractivity contribution < 1.29 is 9.66 Å². The van der Waals surface area contributed by atoms with Crippen LogP contribution < -0.4 is 4.74 Å². The summed E-state index contributed by atoms with van der Waals surface area (Å²) in [6.07, 6.45) is 1.95. The summed E-state index contributed by atoms with van der Waals surface area (Å²) >= 11 is 1.59. The third-order valence-corrected chi connectivity index (χ3v) is 4.77. The molecule has 4 aromatic rings. The molecule has 2 aromatic heterocycles. The Hall–Kier alpha value is -2.93. The number of hydrogen-bond donors (Lipinski definition) is 0. The smallest absolute Gasteiger partial charge is 0.269 e. The second-order valence-electron chi connectivity index (χ2n) is 5.25. The monoisotopic (exact) mass is 339 g/mol. The number of ether oxygens (including phenoxy) is 1. The normalized spacial score (nSPS) is 11.2. The summed E-state index contributed by atoms with van der Waals surface area (Å²) in [5.74, 6) is 0.852. The lowest BCUT2D eigenvalue weighted by molar-refractivity contribution is -0.384. The number of nitro groups is 1. The van der Waals surface area contributed by atoms with Crippen LogP contribution in [-0.4, -0.2) is 20.9 Å². The highest BCUT2D eigenvalue weighted by atomic mass is 32.1. The number of nitro benzene ring substituents is 1. The van der Waals surface area contributed by atoms with Gasteiger partial charge < -0.3 is 4.74 Å². The fourth-order valence-electron chi connectivity index (χ4n) is 2.63. The average Bonchev–Trinajstić information content (AvgIpc) is 3.12. The molecule has 2 aromatic carbocycles. The van der Waals surface area contributed by atoms with E-state index < -0.39 is 4.92 Å². The molecule has 0 aliphatic rings. The number of aromatic nitrogens is 2. The Kier molecular flexibility index (Phi) is 3.42. The Morgan fingerprint density at radius 3 is 2.75 bits per heavy atom. The predicted molar refractivity (Wildman–Crippen MR) is 93.8 cm³/mol. The lowest BCUT2D eigenvalue weighted by Crippen LogP contribution is -1.90. The standard InChI is InChI=1S/C17H13N3O3S/c1-2-23-13-7-8-15-16(9-13)24-17-18-14(10-19(15)17)11-3-5-12(6-4-11)20(21)22/h3-10H,2H2,1H3. The number of benzene rings is 2. The first-order valence-electron chi connectivity index (χ1n) is 7.45. The number of hydrogen-bond acceptors (Lipinski definition) is 5. The average molecular weight is 339 g/mol. The molecule has 0 amide bonds. The topological polar surface area (TPSA) is 69.7 Å². The van der Waals surface area contributed by atoms with Crippen molar-refractivity contribution in [3.05, 3.63) is 58.8 Å². The highest BCUT2D eigenvalue weighted by molar-refractivity contribution is 7.23. The van der Waals surface area contributed by atoms with Crippen LogP contribution >= 0.6 is 11.3 Å². The number of thiazole rings is 1. The summed E-state index contributed by atoms with van der Waals surface area (Å²) < 4.78 is 8.68. The van der Waals surface area contributed by atoms with Gasteiger partial charge in [-0.3, -0.25) is 14.5 Å². The summed E-state index contributed by atoms with van der Waals surface area (Å²) in [6, 6.07) is 12.4. The molecule has 0 atom stereocenters. The minimum atomic E-state index is -0.404. The number of imidazole rings is 1. The summed E-state index contributed by atoms with van der Waals surface area (Å²) in [5, 5.41) is 10.7. The van der Waals surface area contributed by atoms with Crippen molar-refractivity contribution >= 4 is 32.2 Å². The fourth-order valence-corrected chi connectivity index (χ4v) is 3.67. The molecular formula is C17H13N3O3S. The molecule has 2 heterocycles. The number of non-ortho nitro benzene ring substituents is 1. The van der Waals surface area contributed by atoms with Crippen molar-refractivity contribution in [3.8, 4) is 17.0 Å². The van der Waals surface area contributed by atoms with E-state index in [0.29, 0.717) is 6.61 Å². The van der Waals surface area contributed by atoms with E-state index in [1.807, 2.05) is 35.7 Å². The molecule has 0 saturated heterocycles. The summed E-state index contributed by atoms with van der Waals surface area (Å²) in [5.41, 5.74) is 2.80. The largest absolute Gasteiger partial charge is 0.494 e. The molecule has 0 N–H and O–H groups in total. The molecule has 0 fully saturated rings. The van der Waals surface area contributed by atoms with Gasteiger partial charge >= 0.3 is 0 Å². The quantitative estimate of drug-likeness (QED) is 0.405. The SMILES string of the molecule is CCOc1ccc2c(c1)sc1nc(-c3ccc([N+](=O)[O-])cc3)cn12. The second kappa shape index (κ2) is 5.61. The van der Waals surface area contributed by atoms with Gasteiger partial charge in [0.05, 0.1) is 27.4 Å². The Labute approximate surface area is 141 Å². The lowest BCUT2D eigenvalue weighted by Gasteiger charge is -2.01. The van der Waals surface area contributed by atoms with Gasteiger partial charge in [-0.1, -0.05) is 11.3 Å². The maximum absolute atomic E-state index is 10.7. The summed E-state index contributed by atoms with van der Waals surface area (Å²) in [7, 11) is 0. The van der Waals surface area contributed by atoms with Crippen LogP contribution in [0, 0.1) is 10.1 Å². The molecule has 6 nitrogen and oxygen atoms in total. The number of nitrogens with zero attached hydrogens (tertiary/aromatic N) is 3. The van der Waals surface area contributed by atoms with Gasteiger partial charge in [0.2, 0.25) is 0 Å². The second-order valence-corrected chi connectivity index (χ2v) is 6.26. The van der Waals surface area contributed by atoms with Crippen molar-refractivity contribution in [1.82, 2.24) is 9.38 Å². The summed E-state index contributed by atoms with van der Waals surface area (Å²) in [4.78, 5) is 15.9. The lowest BCUT2D eigenvalue weighted by atomic mass is 10.1. The van der Waals surface area contributed by atoms with Gasteiger partial charge in [-0.05, 0) is 37.3 Å². The molecule has 0 bridgehead atoms. The first-order valence-corrected chi connectivity index (χ1v) is 8.26. The van der Waals surface area contributed by atoms with Crippen LogP contribution in [0.3, 0.4) is 0 Å². The minimum Gasteiger partial charge on any atom is -0.494 e. The van der Waals surface area contributed by atoms with Gasteiger partial charge in [-0.2, -0.15) is 0 Å². The van der Waals surface area contributed by atoms with E-state index in [0.717, 1.165) is 32.2 Å². The highest BCUT2D eigenvalue weighted by Gasteiger charge is 2.12. The zero-order valence-electron chi connectivity index (χ0n) is 12.8. The van der Waals surface area contributed by atoms with Crippen molar-refractivity contribution in [2.75, 3.05) is 6.61 Å². The highest BCUT2D eigenvalue weighted by Crippen LogP contribution is 2.32. The van der Waals surface area contributed by atoms with Gasteiger partial charge in [-0.25, -0.2) is 4.98 Å². The van der Waals surface area contributed by atoms with Crippen molar-refractivity contribution in [2.24, 2.45) is 0 Å². The Balaban J connectivity index is 1.76. The molecule has 120 valence electrons. The van der Waals surface area contributed by atoms with Crippen molar-refractivity contribution in [3.63, 3.8) is 0 Å². The zero-order chi connectivity index (χ0) is 16.7. The molecule has 24 heavy (non-hydrogen) atoms. The van der Waals surface area contributed by atoms with Crippen LogP contribution in [0.5, 0.6) is 5.75 Å².